The Bertz CT molecular complexity index is 2830. The minimum absolute atomic E-state index is 0.0126. The average Bonchev–Trinajstić information content (AvgIpc) is 3.98. The molecule has 23 nitrogen and oxygen atoms in total. The fourth-order valence-electron chi connectivity index (χ4n) is 8.71. The van der Waals surface area contributed by atoms with Crippen LogP contribution in [0.3, 0.4) is 0 Å². The third-order valence-electron chi connectivity index (χ3n) is 12.6. The topological polar surface area (TPSA) is 362 Å². The molecule has 1 aliphatic heterocycles. The number of benzene rings is 3. The van der Waals surface area contributed by atoms with Gasteiger partial charge in [0.05, 0.1) is 28.7 Å². The van der Waals surface area contributed by atoms with Crippen LogP contribution in [0.1, 0.15) is 77.2 Å². The van der Waals surface area contributed by atoms with E-state index < -0.39 is 112 Å². The van der Waals surface area contributed by atoms with E-state index in [4.69, 9.17) is 33.0 Å². The molecule has 5 rings (SSSR count). The molecule has 1 saturated heterocycles. The van der Waals surface area contributed by atoms with Gasteiger partial charge in [-0.15, -0.1) is 11.8 Å². The maximum Gasteiger partial charge on any atom is 0.321 e. The summed E-state index contributed by atoms with van der Waals surface area (Å²) < 4.78 is 31.3. The number of aliphatic hydroxyl groups excluding tert-OH is 1. The molecule has 0 aliphatic carbocycles. The summed E-state index contributed by atoms with van der Waals surface area (Å²) in [5, 5.41) is 26.0. The molecule has 1 aliphatic rings. The van der Waals surface area contributed by atoms with Gasteiger partial charge >= 0.3 is 12.0 Å². The van der Waals surface area contributed by atoms with E-state index in [-0.39, 0.29) is 92.5 Å². The van der Waals surface area contributed by atoms with Crippen LogP contribution in [0.4, 0.5) is 25.0 Å². The largest absolute Gasteiger partial charge is 0.480 e. The van der Waals surface area contributed by atoms with Crippen molar-refractivity contribution >= 4 is 76.5 Å². The maximum atomic E-state index is 15.2. The number of nitrogens with zero attached hydrogens (tertiary/aromatic N) is 5. The lowest BCUT2D eigenvalue weighted by Crippen LogP contribution is -2.55. The number of hydrogen-bond donors (Lipinski definition) is 9. The van der Waals surface area contributed by atoms with Gasteiger partial charge in [0, 0.05) is 62.2 Å². The Morgan fingerprint density at radius 2 is 1.59 bits per heavy atom. The Morgan fingerprint density at radius 1 is 0.910 bits per heavy atom. The Kier molecular flexibility index (Phi) is 21.5. The molecule has 78 heavy (non-hydrogen) atoms. The minimum Gasteiger partial charge on any atom is -0.480 e. The van der Waals surface area contributed by atoms with E-state index in [1.54, 1.807) is 10.8 Å². The second-order valence-electron chi connectivity index (χ2n) is 19.6. The molecule has 1 fully saturated rings. The molecule has 2 heterocycles. The lowest BCUT2D eigenvalue weighted by Gasteiger charge is -2.40. The molecule has 420 valence electrons. The van der Waals surface area contributed by atoms with Gasteiger partial charge < -0.3 is 58.6 Å². The number of rotatable bonds is 27. The Labute approximate surface area is 452 Å². The Hall–Kier alpha value is -7.81. The molecule has 9 amide bonds. The second kappa shape index (κ2) is 27.5. The van der Waals surface area contributed by atoms with Crippen LogP contribution in [-0.2, 0) is 44.9 Å². The van der Waals surface area contributed by atoms with Gasteiger partial charge in [0.25, 0.3) is 0 Å². The van der Waals surface area contributed by atoms with Crippen molar-refractivity contribution in [3.8, 4) is 11.3 Å². The Balaban J connectivity index is 1.27. The number of carbonyl (C=O) groups is 9. The van der Waals surface area contributed by atoms with Gasteiger partial charge in [0.15, 0.2) is 0 Å². The number of nitrogens with two attached hydrogens (primary N) is 4. The number of carbonyl (C=O) groups excluding carboxylic acids is 8. The second-order valence-corrected chi connectivity index (χ2v) is 20.8. The van der Waals surface area contributed by atoms with Crippen molar-refractivity contribution in [2.24, 2.45) is 28.3 Å². The van der Waals surface area contributed by atoms with Crippen molar-refractivity contribution in [1.29, 1.82) is 0 Å². The number of imide groups is 1. The first-order valence-corrected chi connectivity index (χ1v) is 25.9. The molecule has 26 heteroatoms. The number of anilines is 2. The number of aliphatic carboxylic acids is 1. The number of aliphatic hydroxyl groups is 1. The highest BCUT2D eigenvalue weighted by Crippen LogP contribution is 2.40. The predicted octanol–water partition coefficient (Wildman–Crippen LogP) is 1.63. The smallest absolute Gasteiger partial charge is 0.321 e. The summed E-state index contributed by atoms with van der Waals surface area (Å²) in [7, 11) is 0. The molecule has 0 saturated carbocycles. The van der Waals surface area contributed by atoms with Crippen LogP contribution in [-0.4, -0.2) is 139 Å². The molecular formula is C52H66F2N12O11S. The van der Waals surface area contributed by atoms with E-state index in [2.05, 4.69) is 16.0 Å². The fraction of sp³-hybridized carbons (Fsp3) is 0.423. The zero-order valence-corrected chi connectivity index (χ0v) is 44.3. The van der Waals surface area contributed by atoms with E-state index in [0.717, 1.165) is 45.3 Å². The van der Waals surface area contributed by atoms with Gasteiger partial charge in [0.2, 0.25) is 41.4 Å². The number of amides is 9. The van der Waals surface area contributed by atoms with Gasteiger partial charge in [0.1, 0.15) is 42.2 Å². The third-order valence-corrected chi connectivity index (χ3v) is 13.9. The highest BCUT2D eigenvalue weighted by molar-refractivity contribution is 8.00. The average molecular weight is 1110 g/mol. The maximum absolute atomic E-state index is 15.2. The summed E-state index contributed by atoms with van der Waals surface area (Å²) in [6.07, 6.45) is 0.871. The van der Waals surface area contributed by atoms with E-state index in [1.807, 2.05) is 51.1 Å². The molecule has 6 atom stereocenters. The number of nitrogens with one attached hydrogen (secondary N) is 3. The molecule has 1 unspecified atom stereocenters. The highest BCUT2D eigenvalue weighted by atomic mass is 32.2. The van der Waals surface area contributed by atoms with E-state index in [0.29, 0.717) is 0 Å². The van der Waals surface area contributed by atoms with E-state index in [1.165, 1.54) is 36.1 Å². The van der Waals surface area contributed by atoms with Crippen molar-refractivity contribution < 1.29 is 62.1 Å². The van der Waals surface area contributed by atoms with Gasteiger partial charge in [-0.1, -0.05) is 51.1 Å². The van der Waals surface area contributed by atoms with Gasteiger partial charge in [-0.3, -0.25) is 43.3 Å². The zero-order chi connectivity index (χ0) is 57.6. The molecule has 0 radical (unpaired) electrons. The fourth-order valence-corrected chi connectivity index (χ4v) is 9.80. The molecular weight excluding hydrogens is 1040 g/mol. The van der Waals surface area contributed by atoms with Crippen molar-refractivity contribution in [1.82, 2.24) is 30.4 Å². The number of urea groups is 1. The van der Waals surface area contributed by atoms with Gasteiger partial charge in [-0.2, -0.15) is 0 Å². The molecule has 4 aromatic rings. The number of aromatic nitrogens is 2. The van der Waals surface area contributed by atoms with E-state index >= 15 is 4.39 Å². The summed E-state index contributed by atoms with van der Waals surface area (Å²) in [4.78, 5) is 124. The van der Waals surface area contributed by atoms with Crippen LogP contribution in [0.15, 0.2) is 79.0 Å². The summed E-state index contributed by atoms with van der Waals surface area (Å²) in [6.45, 7) is 5.70. The van der Waals surface area contributed by atoms with E-state index in [9.17, 15) is 52.6 Å². The molecule has 0 spiro atoms. The first-order chi connectivity index (χ1) is 36.8. The Morgan fingerprint density at radius 3 is 2.21 bits per heavy atom. The van der Waals surface area contributed by atoms with Crippen molar-refractivity contribution in [3.05, 3.63) is 102 Å². The van der Waals surface area contributed by atoms with Crippen LogP contribution >= 0.6 is 11.8 Å². The van der Waals surface area contributed by atoms with Crippen molar-refractivity contribution in [2.75, 3.05) is 41.8 Å². The van der Waals surface area contributed by atoms with Gasteiger partial charge in [-0.25, -0.2) is 23.5 Å². The standard InChI is InChI=1S/C52H66F2N12O11S/c1-29(48(73)65(39(45(57)71)11-8-20-60-51(58)77)32-13-15-33(16-14-32)66-42(69)24-40(49(66)74)78-28-37(56)50(75)76)61-41(68)18-21-59-47(72)36(55)19-22-64(43(70)27-67)44(52(2,3)4)46-62-38(34-23-31(53)12-17-35(34)54)26-63(46)25-30-9-6-5-7-10-30/h5-7,9-10,12-17,23,26,29,36-37,39-40,44,67H,8,11,18-22,24-25,27-28,55-56H2,1-4H3,(H2,57,71)(H,59,72)(H,61,68)(H,75,76)(H3,58,60,77)/t29-,36-,37-,39-,40?,44-/m0/s1. The number of hydrogen-bond acceptors (Lipinski definition) is 14. The first kappa shape index (κ1) is 61.0. The number of carboxylic acids is 1. The van der Waals surface area contributed by atoms with Crippen LogP contribution in [0, 0.1) is 17.0 Å². The lowest BCUT2D eigenvalue weighted by atomic mass is 9.84. The number of carboxylic acid groups (broad SMARTS) is 1. The quantitative estimate of drug-likeness (QED) is 0.0303. The summed E-state index contributed by atoms with van der Waals surface area (Å²) in [5.74, 6) is -7.61. The first-order valence-electron chi connectivity index (χ1n) is 24.8. The van der Waals surface area contributed by atoms with Crippen LogP contribution in [0.2, 0.25) is 0 Å². The summed E-state index contributed by atoms with van der Waals surface area (Å²) >= 11 is 0.929. The van der Waals surface area contributed by atoms with Crippen molar-refractivity contribution in [3.63, 3.8) is 0 Å². The molecule has 1 aromatic heterocycles. The number of halogens is 2. The normalized spacial score (nSPS) is 15.4. The SMILES string of the molecule is C[C@H](NC(=O)CCNC(=O)[C@@H](N)CCN(C(=O)CO)[C@@H](c1nc(-c2cc(F)ccc2F)cn1Cc1ccccc1)C(C)(C)C)C(=O)N(c1ccc(N2C(=O)CC(SC[C@H](N)C(=O)O)C2=O)cc1)[C@@H](CCCNC(N)=O)C(N)=O. The summed E-state index contributed by atoms with van der Waals surface area (Å²) in [6, 6.07) is 10.7. The third kappa shape index (κ3) is 16.1. The van der Waals surface area contributed by atoms with Gasteiger partial charge in [-0.05, 0) is 79.6 Å². The molecule has 13 N–H and O–H groups in total. The van der Waals surface area contributed by atoms with Crippen LogP contribution in [0.5, 0.6) is 0 Å². The zero-order valence-electron chi connectivity index (χ0n) is 43.5. The highest BCUT2D eigenvalue weighted by Gasteiger charge is 2.42. The summed E-state index contributed by atoms with van der Waals surface area (Å²) in [5.41, 5.74) is 23.1. The molecule has 3 aromatic carbocycles. The van der Waals surface area contributed by atoms with Crippen LogP contribution < -0.4 is 48.7 Å². The molecule has 0 bridgehead atoms. The number of primary amides is 2. The minimum atomic E-state index is -1.35. The van der Waals surface area contributed by atoms with Crippen molar-refractivity contribution in [2.45, 2.75) is 102 Å². The number of imidazole rings is 1. The van der Waals surface area contributed by atoms with Crippen LogP contribution in [0.25, 0.3) is 11.3 Å². The lowest BCUT2D eigenvalue weighted by molar-refractivity contribution is -0.140. The monoisotopic (exact) mass is 1100 g/mol. The predicted molar refractivity (Wildman–Crippen MR) is 285 cm³/mol. The number of thioether (sulfide) groups is 1.